The number of anilines is 1. The Morgan fingerprint density at radius 3 is 2.83 bits per heavy atom. The van der Waals surface area contributed by atoms with Gasteiger partial charge in [0.15, 0.2) is 0 Å². The summed E-state index contributed by atoms with van der Waals surface area (Å²) in [6.45, 7) is 0.621. The molecule has 1 aliphatic heterocycles. The van der Waals surface area contributed by atoms with Crippen LogP contribution in [0.25, 0.3) is 10.9 Å². The van der Waals surface area contributed by atoms with Crippen LogP contribution in [0, 0.1) is 0 Å². The van der Waals surface area contributed by atoms with Crippen LogP contribution in [0.1, 0.15) is 12.0 Å². The third-order valence-electron chi connectivity index (χ3n) is 3.84. The highest BCUT2D eigenvalue weighted by molar-refractivity contribution is 5.86. The number of alkyl halides is 3. The molecule has 1 aromatic heterocycles. The Balaban J connectivity index is 1.91. The molecule has 23 heavy (non-hydrogen) atoms. The first-order valence-corrected chi connectivity index (χ1v) is 7.05. The van der Waals surface area contributed by atoms with Crippen LogP contribution < -0.4 is 5.32 Å². The highest BCUT2D eigenvalue weighted by atomic mass is 19.4. The topological polar surface area (TPSA) is 65.5 Å². The third kappa shape index (κ3) is 3.15. The Morgan fingerprint density at radius 1 is 1.39 bits per heavy atom. The van der Waals surface area contributed by atoms with Crippen molar-refractivity contribution >= 4 is 22.7 Å². The fourth-order valence-corrected chi connectivity index (χ4v) is 2.78. The van der Waals surface area contributed by atoms with E-state index in [0.29, 0.717) is 24.0 Å². The summed E-state index contributed by atoms with van der Waals surface area (Å²) in [5.74, 6) is 0. The van der Waals surface area contributed by atoms with Gasteiger partial charge in [-0.15, -0.1) is 0 Å². The van der Waals surface area contributed by atoms with Crippen molar-refractivity contribution in [2.24, 2.45) is 0 Å². The summed E-state index contributed by atoms with van der Waals surface area (Å²) in [7, 11) is 0. The first-order chi connectivity index (χ1) is 10.8. The van der Waals surface area contributed by atoms with Crippen LogP contribution in [0.5, 0.6) is 0 Å². The molecular formula is C15H14F3N3O2. The summed E-state index contributed by atoms with van der Waals surface area (Å²) >= 11 is 0. The Morgan fingerprint density at radius 2 is 2.17 bits per heavy atom. The first-order valence-electron chi connectivity index (χ1n) is 7.05. The number of rotatable bonds is 2. The van der Waals surface area contributed by atoms with Crippen LogP contribution in [0.4, 0.5) is 23.7 Å². The number of benzene rings is 1. The van der Waals surface area contributed by atoms with Crippen molar-refractivity contribution in [3.8, 4) is 0 Å². The average molecular weight is 325 g/mol. The number of fused-ring (bicyclic) bond motifs is 1. The lowest BCUT2D eigenvalue weighted by Gasteiger charge is -2.17. The maximum atomic E-state index is 13.2. The highest BCUT2D eigenvalue weighted by Crippen LogP contribution is 2.36. The lowest BCUT2D eigenvalue weighted by molar-refractivity contribution is -0.136. The van der Waals surface area contributed by atoms with Crippen molar-refractivity contribution in [1.29, 1.82) is 0 Å². The number of aromatic nitrogens is 1. The normalized spacial score (nSPS) is 18.4. The van der Waals surface area contributed by atoms with Crippen LogP contribution in [-0.2, 0) is 6.18 Å². The van der Waals surface area contributed by atoms with E-state index in [-0.39, 0.29) is 18.1 Å². The van der Waals surface area contributed by atoms with E-state index in [1.807, 2.05) is 0 Å². The molecule has 1 aromatic carbocycles. The van der Waals surface area contributed by atoms with E-state index in [1.165, 1.54) is 11.1 Å². The molecule has 0 radical (unpaired) electrons. The summed E-state index contributed by atoms with van der Waals surface area (Å²) in [4.78, 5) is 16.0. The molecule has 3 rings (SSSR count). The second-order valence-electron chi connectivity index (χ2n) is 5.46. The minimum atomic E-state index is -4.51. The van der Waals surface area contributed by atoms with E-state index in [2.05, 4.69) is 10.3 Å². The van der Waals surface area contributed by atoms with Gasteiger partial charge in [0.05, 0.1) is 11.1 Å². The maximum absolute atomic E-state index is 13.2. The summed E-state index contributed by atoms with van der Waals surface area (Å²) in [6.07, 6.45) is -3.65. The number of carboxylic acid groups (broad SMARTS) is 1. The average Bonchev–Trinajstić information content (AvgIpc) is 2.94. The largest absolute Gasteiger partial charge is 0.465 e. The molecule has 1 atom stereocenters. The summed E-state index contributed by atoms with van der Waals surface area (Å²) in [5.41, 5.74) is -0.578. The van der Waals surface area contributed by atoms with Crippen LogP contribution in [0.2, 0.25) is 0 Å². The second-order valence-corrected chi connectivity index (χ2v) is 5.46. The number of hydrogen-bond acceptors (Lipinski definition) is 3. The Labute approximate surface area is 129 Å². The summed E-state index contributed by atoms with van der Waals surface area (Å²) < 4.78 is 39.7. The zero-order chi connectivity index (χ0) is 16.6. The number of halogens is 3. The number of likely N-dealkylation sites (tertiary alicyclic amines) is 1. The van der Waals surface area contributed by atoms with Gasteiger partial charge in [-0.3, -0.25) is 4.98 Å². The van der Waals surface area contributed by atoms with E-state index in [4.69, 9.17) is 5.11 Å². The molecule has 2 N–H and O–H groups in total. The van der Waals surface area contributed by atoms with Gasteiger partial charge in [0.25, 0.3) is 0 Å². The quantitative estimate of drug-likeness (QED) is 0.888. The van der Waals surface area contributed by atoms with Crippen LogP contribution in [-0.4, -0.2) is 40.2 Å². The van der Waals surface area contributed by atoms with Crippen LogP contribution >= 0.6 is 0 Å². The van der Waals surface area contributed by atoms with Gasteiger partial charge in [-0.2, -0.15) is 13.2 Å². The molecule has 1 amide bonds. The minimum Gasteiger partial charge on any atom is -0.465 e. The summed E-state index contributed by atoms with van der Waals surface area (Å²) in [5, 5.41) is 12.3. The number of hydrogen-bond donors (Lipinski definition) is 2. The first kappa shape index (κ1) is 15.4. The fraction of sp³-hybridized carbons (Fsp3) is 0.333. The molecule has 1 fully saturated rings. The Kier molecular flexibility index (Phi) is 3.75. The van der Waals surface area contributed by atoms with Gasteiger partial charge >= 0.3 is 12.3 Å². The fourth-order valence-electron chi connectivity index (χ4n) is 2.78. The zero-order valence-corrected chi connectivity index (χ0v) is 12.0. The van der Waals surface area contributed by atoms with Crippen molar-refractivity contribution in [3.63, 3.8) is 0 Å². The molecule has 0 saturated carbocycles. The van der Waals surface area contributed by atoms with Gasteiger partial charge in [-0.05, 0) is 24.6 Å². The molecule has 2 heterocycles. The van der Waals surface area contributed by atoms with Crippen molar-refractivity contribution in [2.45, 2.75) is 18.6 Å². The van der Waals surface area contributed by atoms with Gasteiger partial charge in [0.1, 0.15) is 0 Å². The van der Waals surface area contributed by atoms with Gasteiger partial charge in [0.2, 0.25) is 0 Å². The molecule has 2 aromatic rings. The van der Waals surface area contributed by atoms with E-state index in [0.717, 1.165) is 6.07 Å². The smallest absolute Gasteiger partial charge is 0.418 e. The van der Waals surface area contributed by atoms with E-state index >= 15 is 0 Å². The molecule has 0 spiro atoms. The van der Waals surface area contributed by atoms with Gasteiger partial charge in [-0.25, -0.2) is 4.79 Å². The summed E-state index contributed by atoms with van der Waals surface area (Å²) in [6, 6.07) is 5.57. The molecule has 1 unspecified atom stereocenters. The molecule has 1 saturated heterocycles. The molecule has 5 nitrogen and oxygen atoms in total. The molecule has 1 aliphatic rings. The number of pyridine rings is 1. The third-order valence-corrected chi connectivity index (χ3v) is 3.84. The SMILES string of the molecule is O=C(O)N1CCC(Nc2cc(C(F)(F)F)c3ncccc3c2)C1. The van der Waals surface area contributed by atoms with E-state index in [1.54, 1.807) is 18.2 Å². The van der Waals surface area contributed by atoms with Crippen molar-refractivity contribution in [2.75, 3.05) is 18.4 Å². The second kappa shape index (κ2) is 5.60. The molecular weight excluding hydrogens is 311 g/mol. The minimum absolute atomic E-state index is 0.0934. The predicted molar refractivity (Wildman–Crippen MR) is 78.4 cm³/mol. The molecule has 122 valence electrons. The lowest BCUT2D eigenvalue weighted by Crippen LogP contribution is -2.30. The molecule has 0 bridgehead atoms. The van der Waals surface area contributed by atoms with Gasteiger partial charge in [0, 0.05) is 36.4 Å². The number of nitrogens with one attached hydrogen (secondary N) is 1. The monoisotopic (exact) mass is 325 g/mol. The lowest BCUT2D eigenvalue weighted by atomic mass is 10.1. The number of amides is 1. The predicted octanol–water partition coefficient (Wildman–Crippen LogP) is 3.42. The zero-order valence-electron chi connectivity index (χ0n) is 12.0. The van der Waals surface area contributed by atoms with Crippen molar-refractivity contribution < 1.29 is 23.1 Å². The maximum Gasteiger partial charge on any atom is 0.418 e. The van der Waals surface area contributed by atoms with Gasteiger partial charge < -0.3 is 15.3 Å². The number of nitrogens with zero attached hydrogens (tertiary/aromatic N) is 2. The van der Waals surface area contributed by atoms with Crippen LogP contribution in [0.3, 0.4) is 0 Å². The van der Waals surface area contributed by atoms with Crippen molar-refractivity contribution in [1.82, 2.24) is 9.88 Å². The van der Waals surface area contributed by atoms with Crippen LogP contribution in [0.15, 0.2) is 30.5 Å². The van der Waals surface area contributed by atoms with E-state index < -0.39 is 17.8 Å². The van der Waals surface area contributed by atoms with E-state index in [9.17, 15) is 18.0 Å². The molecule has 8 heteroatoms. The highest BCUT2D eigenvalue weighted by Gasteiger charge is 2.34. The Bertz CT molecular complexity index is 748. The Hall–Kier alpha value is -2.51. The standard InChI is InChI=1S/C15H14F3N3O2/c16-15(17,18)12-7-11(6-9-2-1-4-19-13(9)12)20-10-3-5-21(8-10)14(22)23/h1-2,4,6-7,10,20H,3,5,8H2,(H,22,23). The molecule has 0 aliphatic carbocycles. The number of carbonyl (C=O) groups is 1. The van der Waals surface area contributed by atoms with Gasteiger partial charge in [-0.1, -0.05) is 6.07 Å². The van der Waals surface area contributed by atoms with Crippen molar-refractivity contribution in [3.05, 3.63) is 36.0 Å².